The Bertz CT molecular complexity index is 452. The van der Waals surface area contributed by atoms with Crippen LogP contribution in [0, 0.1) is 17.2 Å². The summed E-state index contributed by atoms with van der Waals surface area (Å²) in [5, 5.41) is 9.36. The van der Waals surface area contributed by atoms with Crippen molar-refractivity contribution in [3.8, 4) is 0 Å². The van der Waals surface area contributed by atoms with Gasteiger partial charge in [0.15, 0.2) is 0 Å². The summed E-state index contributed by atoms with van der Waals surface area (Å²) in [6, 6.07) is 4.39. The van der Waals surface area contributed by atoms with Gasteiger partial charge in [0.2, 0.25) is 0 Å². The van der Waals surface area contributed by atoms with Crippen molar-refractivity contribution < 1.29 is 14.3 Å². The monoisotopic (exact) mass is 253 g/mol. The van der Waals surface area contributed by atoms with Gasteiger partial charge < -0.3 is 10.8 Å². The van der Waals surface area contributed by atoms with Crippen molar-refractivity contribution in [1.29, 1.82) is 0 Å². The van der Waals surface area contributed by atoms with Gasteiger partial charge in [0.25, 0.3) is 0 Å². The Kier molecular flexibility index (Phi) is 3.99. The summed E-state index contributed by atoms with van der Waals surface area (Å²) in [5.74, 6) is -2.11. The molecule has 0 spiro atoms. The van der Waals surface area contributed by atoms with Crippen molar-refractivity contribution in [3.63, 3.8) is 0 Å². The molecule has 0 aliphatic carbocycles. The van der Waals surface area contributed by atoms with Gasteiger partial charge in [-0.15, -0.1) is 0 Å². The number of carboxylic acid groups (broad SMARTS) is 1. The van der Waals surface area contributed by atoms with Crippen molar-refractivity contribution in [2.24, 2.45) is 11.3 Å². The molecule has 2 atom stereocenters. The molecule has 0 radical (unpaired) electrons. The summed E-state index contributed by atoms with van der Waals surface area (Å²) in [6.07, 6.45) is 0. The summed E-state index contributed by atoms with van der Waals surface area (Å²) in [5.41, 5.74) is 5.94. The van der Waals surface area contributed by atoms with E-state index in [4.69, 9.17) is 5.73 Å². The summed E-state index contributed by atoms with van der Waals surface area (Å²) in [6.45, 7) is 7.48. The van der Waals surface area contributed by atoms with Crippen molar-refractivity contribution in [2.45, 2.75) is 33.6 Å². The molecule has 0 saturated heterocycles. The lowest BCUT2D eigenvalue weighted by Crippen LogP contribution is -2.32. The first-order valence-corrected chi connectivity index (χ1v) is 5.92. The van der Waals surface area contributed by atoms with Crippen LogP contribution in [0.25, 0.3) is 0 Å². The van der Waals surface area contributed by atoms with E-state index >= 15 is 0 Å². The standard InChI is InChI=1S/C14H20FNO2/c1-8(12(13(17)18)14(2,3)4)9-5-6-10(15)11(16)7-9/h5-8,12H,16H2,1-4H3,(H,17,18)/t8-,12?/m1/s1. The first-order chi connectivity index (χ1) is 8.14. The Balaban J connectivity index is 3.14. The Morgan fingerprint density at radius 1 is 1.39 bits per heavy atom. The summed E-state index contributed by atoms with van der Waals surface area (Å²) in [4.78, 5) is 11.4. The number of aliphatic carboxylic acids is 1. The lowest BCUT2D eigenvalue weighted by Gasteiger charge is -2.32. The number of nitrogen functional groups attached to an aromatic ring is 1. The number of benzene rings is 1. The average Bonchev–Trinajstić information content (AvgIpc) is 2.19. The van der Waals surface area contributed by atoms with Gasteiger partial charge in [-0.25, -0.2) is 4.39 Å². The van der Waals surface area contributed by atoms with E-state index in [1.54, 1.807) is 6.07 Å². The Morgan fingerprint density at radius 2 is 1.94 bits per heavy atom. The number of hydrogen-bond donors (Lipinski definition) is 2. The predicted octanol–water partition coefficient (Wildman–Crippen LogP) is 3.26. The van der Waals surface area contributed by atoms with Gasteiger partial charge in [0, 0.05) is 0 Å². The van der Waals surface area contributed by atoms with Crippen LogP contribution in [0.3, 0.4) is 0 Å². The molecule has 3 N–H and O–H groups in total. The Morgan fingerprint density at radius 3 is 2.33 bits per heavy atom. The number of rotatable bonds is 3. The van der Waals surface area contributed by atoms with E-state index in [0.717, 1.165) is 5.56 Å². The molecule has 0 bridgehead atoms. The molecule has 0 aliphatic rings. The highest BCUT2D eigenvalue weighted by Gasteiger charge is 2.36. The van der Waals surface area contributed by atoms with Gasteiger partial charge in [0.05, 0.1) is 11.6 Å². The van der Waals surface area contributed by atoms with Gasteiger partial charge in [0.1, 0.15) is 5.82 Å². The molecule has 0 amide bonds. The molecule has 0 fully saturated rings. The van der Waals surface area contributed by atoms with Gasteiger partial charge in [-0.05, 0) is 29.0 Å². The van der Waals surface area contributed by atoms with E-state index in [2.05, 4.69) is 0 Å². The highest BCUT2D eigenvalue weighted by Crippen LogP contribution is 2.38. The second-order valence-electron chi connectivity index (χ2n) is 5.75. The van der Waals surface area contributed by atoms with E-state index < -0.39 is 17.7 Å². The molecular weight excluding hydrogens is 233 g/mol. The maximum atomic E-state index is 13.1. The van der Waals surface area contributed by atoms with E-state index in [0.29, 0.717) is 0 Å². The van der Waals surface area contributed by atoms with E-state index in [-0.39, 0.29) is 17.0 Å². The van der Waals surface area contributed by atoms with Crippen LogP contribution in [0.5, 0.6) is 0 Å². The van der Waals surface area contributed by atoms with Crippen LogP contribution in [0.4, 0.5) is 10.1 Å². The van der Waals surface area contributed by atoms with Gasteiger partial charge in [-0.1, -0.05) is 33.8 Å². The zero-order valence-corrected chi connectivity index (χ0v) is 11.2. The highest BCUT2D eigenvalue weighted by molar-refractivity contribution is 5.72. The quantitative estimate of drug-likeness (QED) is 0.813. The van der Waals surface area contributed by atoms with Crippen LogP contribution in [0.2, 0.25) is 0 Å². The molecular formula is C14H20FNO2. The minimum Gasteiger partial charge on any atom is -0.481 e. The molecule has 0 aliphatic heterocycles. The minimum atomic E-state index is -0.849. The van der Waals surface area contributed by atoms with Crippen molar-refractivity contribution in [1.82, 2.24) is 0 Å². The molecule has 100 valence electrons. The number of anilines is 1. The Labute approximate surface area is 107 Å². The van der Waals surface area contributed by atoms with E-state index in [9.17, 15) is 14.3 Å². The summed E-state index contributed by atoms with van der Waals surface area (Å²) >= 11 is 0. The van der Waals surface area contributed by atoms with Crippen LogP contribution in [-0.4, -0.2) is 11.1 Å². The molecule has 18 heavy (non-hydrogen) atoms. The van der Waals surface area contributed by atoms with E-state index in [1.807, 2.05) is 27.7 Å². The van der Waals surface area contributed by atoms with Crippen LogP contribution in [0.1, 0.15) is 39.2 Å². The van der Waals surface area contributed by atoms with Crippen LogP contribution >= 0.6 is 0 Å². The fourth-order valence-corrected chi connectivity index (χ4v) is 2.37. The van der Waals surface area contributed by atoms with Crippen LogP contribution in [0.15, 0.2) is 18.2 Å². The molecule has 1 aromatic rings. The number of carboxylic acids is 1. The molecule has 3 nitrogen and oxygen atoms in total. The fraction of sp³-hybridized carbons (Fsp3) is 0.500. The molecule has 1 aromatic carbocycles. The average molecular weight is 253 g/mol. The molecule has 0 aromatic heterocycles. The van der Waals surface area contributed by atoms with Gasteiger partial charge in [-0.3, -0.25) is 4.79 Å². The molecule has 0 saturated carbocycles. The summed E-state index contributed by atoms with van der Waals surface area (Å²) < 4.78 is 13.1. The molecule has 0 heterocycles. The van der Waals surface area contributed by atoms with Gasteiger partial charge in [-0.2, -0.15) is 0 Å². The SMILES string of the molecule is C[C@H](c1ccc(F)c(N)c1)C(C(=O)O)C(C)(C)C. The molecule has 1 unspecified atom stereocenters. The predicted molar refractivity (Wildman–Crippen MR) is 69.8 cm³/mol. The van der Waals surface area contributed by atoms with Gasteiger partial charge >= 0.3 is 5.97 Å². The number of carbonyl (C=O) groups is 1. The fourth-order valence-electron chi connectivity index (χ4n) is 2.37. The first kappa shape index (κ1) is 14.5. The topological polar surface area (TPSA) is 63.3 Å². The normalized spacial score (nSPS) is 15.2. The zero-order valence-electron chi connectivity index (χ0n) is 11.2. The third-order valence-electron chi connectivity index (χ3n) is 3.24. The van der Waals surface area contributed by atoms with Crippen molar-refractivity contribution in [2.75, 3.05) is 5.73 Å². The highest BCUT2D eigenvalue weighted by atomic mass is 19.1. The lowest BCUT2D eigenvalue weighted by atomic mass is 9.71. The molecule has 1 rings (SSSR count). The molecule has 4 heteroatoms. The van der Waals surface area contributed by atoms with Crippen LogP contribution < -0.4 is 5.73 Å². The van der Waals surface area contributed by atoms with E-state index in [1.165, 1.54) is 12.1 Å². The third-order valence-corrected chi connectivity index (χ3v) is 3.24. The van der Waals surface area contributed by atoms with Crippen molar-refractivity contribution in [3.05, 3.63) is 29.6 Å². The third kappa shape index (κ3) is 3.00. The number of halogens is 1. The second-order valence-corrected chi connectivity index (χ2v) is 5.75. The minimum absolute atomic E-state index is 0.0531. The first-order valence-electron chi connectivity index (χ1n) is 5.92. The lowest BCUT2D eigenvalue weighted by molar-refractivity contribution is -0.146. The van der Waals surface area contributed by atoms with Crippen LogP contribution in [-0.2, 0) is 4.79 Å². The largest absolute Gasteiger partial charge is 0.481 e. The maximum absolute atomic E-state index is 13.1. The smallest absolute Gasteiger partial charge is 0.307 e. The summed E-state index contributed by atoms with van der Waals surface area (Å²) in [7, 11) is 0. The maximum Gasteiger partial charge on any atom is 0.307 e. The second kappa shape index (κ2) is 4.96. The van der Waals surface area contributed by atoms with Crippen molar-refractivity contribution >= 4 is 11.7 Å². The Hall–Kier alpha value is -1.58. The zero-order chi connectivity index (χ0) is 14.1. The number of hydrogen-bond acceptors (Lipinski definition) is 2. The number of nitrogens with two attached hydrogens (primary N) is 1.